The van der Waals surface area contributed by atoms with Gasteiger partial charge in [-0.3, -0.25) is 14.3 Å². The molecule has 5 rings (SSSR count). The van der Waals surface area contributed by atoms with Gasteiger partial charge in [0.15, 0.2) is 11.7 Å². The summed E-state index contributed by atoms with van der Waals surface area (Å²) in [7, 11) is 3.65. The number of H-pyrrole nitrogens is 1. The number of azide groups is 1. The van der Waals surface area contributed by atoms with Crippen LogP contribution in [0, 0.1) is 12.3 Å². The van der Waals surface area contributed by atoms with Crippen molar-refractivity contribution in [3.05, 3.63) is 87.8 Å². The Kier molecular flexibility index (Phi) is 25.5. The molecule has 0 fully saturated rings. The third-order valence-corrected chi connectivity index (χ3v) is 13.5. The number of ether oxygens (including phenoxy) is 1. The normalized spacial score (nSPS) is 10.7. The highest BCUT2D eigenvalue weighted by molar-refractivity contribution is 9.13. The van der Waals surface area contributed by atoms with Crippen LogP contribution in [0.15, 0.2) is 54.0 Å². The quantitative estimate of drug-likeness (QED) is 0.0143. The number of hydrogen-bond donors (Lipinski definition) is 4. The third kappa shape index (κ3) is 19.7. The van der Waals surface area contributed by atoms with Crippen molar-refractivity contribution in [1.82, 2.24) is 49.0 Å². The van der Waals surface area contributed by atoms with Crippen LogP contribution in [0.3, 0.4) is 0 Å². The van der Waals surface area contributed by atoms with Gasteiger partial charge >= 0.3 is 6.09 Å². The van der Waals surface area contributed by atoms with Gasteiger partial charge < -0.3 is 35.6 Å². The maximum Gasteiger partial charge on any atom is 0.421 e. The van der Waals surface area contributed by atoms with Crippen LogP contribution < -0.4 is 16.8 Å². The number of anilines is 2. The minimum atomic E-state index is -0.552. The smallest absolute Gasteiger partial charge is 0.421 e. The lowest BCUT2D eigenvalue weighted by molar-refractivity contribution is 0.0540. The van der Waals surface area contributed by atoms with Gasteiger partial charge in [0.05, 0.1) is 41.4 Å². The maximum absolute atomic E-state index is 12.4. The van der Waals surface area contributed by atoms with Gasteiger partial charge in [-0.05, 0) is 154 Å². The molecule has 0 aromatic carbocycles. The zero-order valence-electron chi connectivity index (χ0n) is 37.7. The Morgan fingerprint density at radius 2 is 1.55 bits per heavy atom. The molecule has 5 heterocycles. The molecule has 6 N–H and O–H groups in total. The fourth-order valence-corrected chi connectivity index (χ4v) is 7.63. The first-order chi connectivity index (χ1) is 30.8. The second-order valence-corrected chi connectivity index (χ2v) is 18.9. The van der Waals surface area contributed by atoms with Crippen molar-refractivity contribution in [2.45, 2.75) is 110 Å². The highest BCUT2D eigenvalue weighted by Gasteiger charge is 2.21. The summed E-state index contributed by atoms with van der Waals surface area (Å²) in [5.41, 5.74) is 22.9. The number of ketones is 1. The number of aromatic amines is 1. The van der Waals surface area contributed by atoms with Gasteiger partial charge in [0, 0.05) is 69.6 Å². The van der Waals surface area contributed by atoms with Crippen molar-refractivity contribution in [2.24, 2.45) is 19.2 Å². The molecule has 66 heavy (non-hydrogen) atoms. The van der Waals surface area contributed by atoms with E-state index in [1.54, 1.807) is 30.1 Å². The predicted octanol–water partition coefficient (Wildman–Crippen LogP) is 10.1. The lowest BCUT2D eigenvalue weighted by Crippen LogP contribution is -2.27. The Hall–Kier alpha value is -4.59. The van der Waals surface area contributed by atoms with Gasteiger partial charge in [-0.1, -0.05) is 23.2 Å². The van der Waals surface area contributed by atoms with E-state index in [0.717, 1.165) is 106 Å². The number of nitrogens with zero attached hydrogens (tertiary/aromatic N) is 11. The van der Waals surface area contributed by atoms with Crippen LogP contribution in [0.1, 0.15) is 117 Å². The number of terminal acetylenes is 1. The fraction of sp³-hybridized carbons (Fsp3) is 0.500. The Morgan fingerprint density at radius 1 is 0.924 bits per heavy atom. The first-order valence-electron chi connectivity index (χ1n) is 20.9. The van der Waals surface area contributed by atoms with Crippen LogP contribution >= 0.6 is 76.1 Å². The van der Waals surface area contributed by atoms with E-state index in [9.17, 15) is 14.4 Å². The van der Waals surface area contributed by atoms with Crippen molar-refractivity contribution in [3.8, 4) is 12.3 Å². The molecule has 360 valence electrons. The lowest BCUT2D eigenvalue weighted by atomic mass is 10.1. The first-order valence-corrected chi connectivity index (χ1v) is 24.0. The van der Waals surface area contributed by atoms with Crippen molar-refractivity contribution in [2.75, 3.05) is 24.6 Å². The molecule has 1 amide bonds. The Balaban J connectivity index is 0.000000356. The molecule has 5 aromatic rings. The number of nitrogen functional groups attached to an aromatic ring is 2. The molecule has 0 bridgehead atoms. The first kappa shape index (κ1) is 57.5. The average Bonchev–Trinajstić information content (AvgIpc) is 4.08. The maximum atomic E-state index is 12.4. The molecule has 0 aliphatic rings. The summed E-state index contributed by atoms with van der Waals surface area (Å²) in [6.07, 6.45) is 21.1. The number of nitrogens with one attached hydrogen (secondary N) is 2. The summed E-state index contributed by atoms with van der Waals surface area (Å²) in [5.74, 6) is 3.17. The summed E-state index contributed by atoms with van der Waals surface area (Å²) in [6, 6.07) is 3.56. The number of aryl methyl sites for hydroxylation is 4. The topological polar surface area (TPSA) is 260 Å². The highest BCUT2D eigenvalue weighted by atomic mass is 79.9. The number of hydrogen-bond acceptors (Lipinski definition) is 11. The molecular weight excluding hydrogens is 1130 g/mol. The van der Waals surface area contributed by atoms with Gasteiger partial charge in [-0.2, -0.15) is 0 Å². The average molecular weight is 1190 g/mol. The minimum Gasteiger partial charge on any atom is -0.443 e. The van der Waals surface area contributed by atoms with E-state index in [1.807, 2.05) is 49.3 Å². The monoisotopic (exact) mass is 1190 g/mol. The van der Waals surface area contributed by atoms with Crippen molar-refractivity contribution >= 4 is 106 Å². The SMILES string of the molecule is C#CCCCCCc1cn(C(=O)OC(C)(C)C)c(N)n1.Cl.Cn1c(C(=O)CCCn2cc(CCCCCc3cnc(N)[nH]3)nn2)cc(Br)c1Br.Cn1c(C(=O)NCCN=[N+]=[N-])cc(Br)c1Br. The van der Waals surface area contributed by atoms with Crippen LogP contribution in [0.25, 0.3) is 10.4 Å². The van der Waals surface area contributed by atoms with E-state index in [2.05, 4.69) is 110 Å². The van der Waals surface area contributed by atoms with Gasteiger partial charge in [0.2, 0.25) is 5.95 Å². The van der Waals surface area contributed by atoms with Crippen LogP contribution in [0.4, 0.5) is 16.7 Å². The number of carbonyl (C=O) groups is 3. The molecule has 5 aromatic heterocycles. The molecule has 0 saturated carbocycles. The van der Waals surface area contributed by atoms with Crippen molar-refractivity contribution in [3.63, 3.8) is 0 Å². The van der Waals surface area contributed by atoms with Crippen LogP contribution in [0.2, 0.25) is 0 Å². The molecule has 0 radical (unpaired) electrons. The number of Topliss-reactive ketones (excluding diaryl/α,β-unsaturated/α-hetero) is 1. The number of rotatable bonds is 20. The number of nitrogens with two attached hydrogens (primary N) is 2. The van der Waals surface area contributed by atoms with Crippen molar-refractivity contribution in [1.29, 1.82) is 0 Å². The van der Waals surface area contributed by atoms with Crippen LogP contribution in [-0.4, -0.2) is 80.1 Å². The number of carbonyl (C=O) groups excluding carboxylic acids is 3. The fourth-order valence-electron chi connectivity index (χ4n) is 6.05. The Labute approximate surface area is 424 Å². The van der Waals surface area contributed by atoms with E-state index < -0.39 is 11.7 Å². The molecule has 0 aliphatic heterocycles. The Morgan fingerprint density at radius 3 is 2.12 bits per heavy atom. The molecule has 0 saturated heterocycles. The minimum absolute atomic E-state index is 0. The van der Waals surface area contributed by atoms with Gasteiger partial charge in [0.25, 0.3) is 5.91 Å². The summed E-state index contributed by atoms with van der Waals surface area (Å²) in [5, 5.41) is 14.4. The van der Waals surface area contributed by atoms with Crippen LogP contribution in [0.5, 0.6) is 0 Å². The number of imidazole rings is 2. The second kappa shape index (κ2) is 29.2. The summed E-state index contributed by atoms with van der Waals surface area (Å²) >= 11 is 13.5. The number of halogens is 5. The zero-order chi connectivity index (χ0) is 48.1. The predicted molar refractivity (Wildman–Crippen MR) is 272 cm³/mol. The van der Waals surface area contributed by atoms with E-state index in [4.69, 9.17) is 28.2 Å². The van der Waals surface area contributed by atoms with E-state index in [1.165, 1.54) is 4.57 Å². The molecule has 0 atom stereocenters. The molecule has 0 unspecified atom stereocenters. The van der Waals surface area contributed by atoms with Gasteiger partial charge in [-0.25, -0.2) is 19.3 Å². The molecule has 0 aliphatic carbocycles. The van der Waals surface area contributed by atoms with Crippen molar-refractivity contribution < 1.29 is 19.1 Å². The Bertz CT molecular complexity index is 2420. The lowest BCUT2D eigenvalue weighted by Gasteiger charge is -2.19. The number of unbranched alkanes of at least 4 members (excludes halogenated alkanes) is 5. The number of aromatic nitrogens is 9. The highest BCUT2D eigenvalue weighted by Crippen LogP contribution is 2.28. The third-order valence-electron chi connectivity index (χ3n) is 9.34. The molecule has 19 nitrogen and oxygen atoms in total. The summed E-state index contributed by atoms with van der Waals surface area (Å²) < 4.78 is 15.3. The number of amides is 1. The van der Waals surface area contributed by atoms with Crippen LogP contribution in [-0.2, 0) is 44.6 Å². The van der Waals surface area contributed by atoms with Gasteiger partial charge in [-0.15, -0.1) is 29.8 Å². The molecule has 24 heteroatoms. The summed E-state index contributed by atoms with van der Waals surface area (Å²) in [6.45, 7) is 6.68. The molecule has 0 spiro atoms. The van der Waals surface area contributed by atoms with E-state index in [0.29, 0.717) is 36.8 Å². The van der Waals surface area contributed by atoms with Gasteiger partial charge in [0.1, 0.15) is 11.3 Å². The second-order valence-electron chi connectivity index (χ2n) is 15.7. The molecular formula is C42H58Br4ClN15O4. The zero-order valence-corrected chi connectivity index (χ0v) is 44.9. The van der Waals surface area contributed by atoms with E-state index >= 15 is 0 Å². The largest absolute Gasteiger partial charge is 0.443 e. The standard InChI is InChI=1S/C19H25Br2N7O.C15H23N3O2.C8H9Br2N5O.ClH/c1-27-16(10-15(20)18(27)21)17(29)8-5-9-28-12-14(25-26-28)7-4-2-3-6-13-11-23-19(22)24-13;1-5-6-7-8-9-10-12-11-18(13(16)17-12)14(19)20-15(2,3)4;1-15-6(4-5(9)7(15)10)8(16)12-2-3-13-14-11;/h10-12H,2-9H2,1H3,(H3,22,23,24);1,11H,6-10H2,2-4H3,(H2,16,17);4H,2-3H2,1H3,(H,12,16);1H. The van der Waals surface area contributed by atoms with E-state index in [-0.39, 0.29) is 36.6 Å². The summed E-state index contributed by atoms with van der Waals surface area (Å²) in [4.78, 5) is 49.8.